The SMILES string of the molecule is CCC[C@@H](N)c1ccc(F)c(C#N)c1.Cl. The van der Waals surface area contributed by atoms with Crippen molar-refractivity contribution in [1.82, 2.24) is 0 Å². The molecule has 2 nitrogen and oxygen atoms in total. The highest BCUT2D eigenvalue weighted by Crippen LogP contribution is 2.18. The second-order valence-corrected chi connectivity index (χ2v) is 3.25. The lowest BCUT2D eigenvalue weighted by Crippen LogP contribution is -2.10. The van der Waals surface area contributed by atoms with Gasteiger partial charge in [-0.2, -0.15) is 5.26 Å². The van der Waals surface area contributed by atoms with Gasteiger partial charge in [0, 0.05) is 6.04 Å². The number of nitriles is 1. The molecule has 1 aromatic carbocycles. The molecule has 0 saturated carbocycles. The number of nitrogens with zero attached hydrogens (tertiary/aromatic N) is 1. The van der Waals surface area contributed by atoms with Gasteiger partial charge >= 0.3 is 0 Å². The Hall–Kier alpha value is -1.11. The van der Waals surface area contributed by atoms with Crippen LogP contribution in [0, 0.1) is 17.1 Å². The molecule has 0 aliphatic rings. The fraction of sp³-hybridized carbons (Fsp3) is 0.364. The quantitative estimate of drug-likeness (QED) is 0.865. The van der Waals surface area contributed by atoms with Crippen LogP contribution in [0.3, 0.4) is 0 Å². The Morgan fingerprint density at radius 3 is 2.73 bits per heavy atom. The Bertz CT molecular complexity index is 360. The van der Waals surface area contributed by atoms with Crippen molar-refractivity contribution in [2.75, 3.05) is 0 Å². The van der Waals surface area contributed by atoms with Crippen LogP contribution < -0.4 is 5.73 Å². The van der Waals surface area contributed by atoms with Crippen LogP contribution in [0.5, 0.6) is 0 Å². The van der Waals surface area contributed by atoms with Gasteiger partial charge in [0.15, 0.2) is 0 Å². The Balaban J connectivity index is 0.00000196. The Morgan fingerprint density at radius 1 is 1.53 bits per heavy atom. The first-order valence-electron chi connectivity index (χ1n) is 4.64. The molecule has 0 unspecified atom stereocenters. The van der Waals surface area contributed by atoms with E-state index in [1.54, 1.807) is 12.1 Å². The zero-order chi connectivity index (χ0) is 10.6. The third-order valence-corrected chi connectivity index (χ3v) is 2.14. The van der Waals surface area contributed by atoms with E-state index >= 15 is 0 Å². The fourth-order valence-corrected chi connectivity index (χ4v) is 1.34. The molecular weight excluding hydrogens is 215 g/mol. The maximum atomic E-state index is 13.0. The van der Waals surface area contributed by atoms with Gasteiger partial charge < -0.3 is 5.73 Å². The molecule has 0 radical (unpaired) electrons. The summed E-state index contributed by atoms with van der Waals surface area (Å²) in [5, 5.41) is 8.62. The van der Waals surface area contributed by atoms with Gasteiger partial charge in [0.25, 0.3) is 0 Å². The lowest BCUT2D eigenvalue weighted by atomic mass is 10.0. The van der Waals surface area contributed by atoms with Crippen LogP contribution in [0.1, 0.15) is 36.9 Å². The van der Waals surface area contributed by atoms with Crippen molar-refractivity contribution >= 4 is 12.4 Å². The van der Waals surface area contributed by atoms with E-state index in [1.165, 1.54) is 12.1 Å². The molecule has 1 aromatic rings. The van der Waals surface area contributed by atoms with Crippen molar-refractivity contribution in [3.8, 4) is 6.07 Å². The molecule has 2 N–H and O–H groups in total. The van der Waals surface area contributed by atoms with Crippen molar-refractivity contribution in [3.05, 3.63) is 35.1 Å². The van der Waals surface area contributed by atoms with Crippen LogP contribution in [0.25, 0.3) is 0 Å². The molecule has 0 heterocycles. The first-order valence-corrected chi connectivity index (χ1v) is 4.64. The summed E-state index contributed by atoms with van der Waals surface area (Å²) in [6.45, 7) is 2.04. The van der Waals surface area contributed by atoms with Gasteiger partial charge in [0.1, 0.15) is 11.9 Å². The van der Waals surface area contributed by atoms with Gasteiger partial charge in [-0.05, 0) is 24.1 Å². The minimum Gasteiger partial charge on any atom is -0.324 e. The van der Waals surface area contributed by atoms with Crippen LogP contribution in [0.15, 0.2) is 18.2 Å². The lowest BCUT2D eigenvalue weighted by Gasteiger charge is -2.10. The van der Waals surface area contributed by atoms with E-state index in [1.807, 2.05) is 6.92 Å². The van der Waals surface area contributed by atoms with E-state index < -0.39 is 5.82 Å². The molecule has 0 bridgehead atoms. The highest BCUT2D eigenvalue weighted by Gasteiger charge is 2.08. The zero-order valence-corrected chi connectivity index (χ0v) is 9.35. The summed E-state index contributed by atoms with van der Waals surface area (Å²) in [5.41, 5.74) is 6.74. The Labute approximate surface area is 95.3 Å². The van der Waals surface area contributed by atoms with Gasteiger partial charge in [0.2, 0.25) is 0 Å². The molecule has 82 valence electrons. The second kappa shape index (κ2) is 6.39. The molecule has 0 saturated heterocycles. The van der Waals surface area contributed by atoms with E-state index in [0.29, 0.717) is 0 Å². The third-order valence-electron chi connectivity index (χ3n) is 2.14. The minimum absolute atomic E-state index is 0. The molecule has 15 heavy (non-hydrogen) atoms. The smallest absolute Gasteiger partial charge is 0.140 e. The van der Waals surface area contributed by atoms with Crippen molar-refractivity contribution in [1.29, 1.82) is 5.26 Å². The first kappa shape index (κ1) is 13.9. The average Bonchev–Trinajstić information content (AvgIpc) is 2.19. The predicted octanol–water partition coefficient (Wildman–Crippen LogP) is 2.92. The van der Waals surface area contributed by atoms with Gasteiger partial charge in [-0.1, -0.05) is 19.4 Å². The molecule has 0 aromatic heterocycles. The number of hydrogen-bond acceptors (Lipinski definition) is 2. The lowest BCUT2D eigenvalue weighted by molar-refractivity contribution is 0.613. The van der Waals surface area contributed by atoms with Gasteiger partial charge in [0.05, 0.1) is 5.56 Å². The van der Waals surface area contributed by atoms with E-state index in [2.05, 4.69) is 0 Å². The number of nitrogens with two attached hydrogens (primary N) is 1. The number of rotatable bonds is 3. The van der Waals surface area contributed by atoms with Crippen LogP contribution in [-0.4, -0.2) is 0 Å². The number of halogens is 2. The summed E-state index contributed by atoms with van der Waals surface area (Å²) in [5.74, 6) is -0.486. The molecule has 1 atom stereocenters. The van der Waals surface area contributed by atoms with E-state index in [-0.39, 0.29) is 24.0 Å². The standard InChI is InChI=1S/C11H13FN2.ClH/c1-2-3-11(14)8-4-5-10(12)9(6-8)7-13;/h4-6,11H,2-3,14H2,1H3;1H/t11-;/m1./s1. The van der Waals surface area contributed by atoms with Crippen LogP contribution in [0.4, 0.5) is 4.39 Å². The summed E-state index contributed by atoms with van der Waals surface area (Å²) in [7, 11) is 0. The fourth-order valence-electron chi connectivity index (χ4n) is 1.34. The third kappa shape index (κ3) is 3.50. The minimum atomic E-state index is -0.486. The molecule has 0 aliphatic heterocycles. The summed E-state index contributed by atoms with van der Waals surface area (Å²) in [6.07, 6.45) is 1.82. The highest BCUT2D eigenvalue weighted by molar-refractivity contribution is 5.85. The second-order valence-electron chi connectivity index (χ2n) is 3.25. The molecule has 1 rings (SSSR count). The topological polar surface area (TPSA) is 49.8 Å². The van der Waals surface area contributed by atoms with E-state index in [0.717, 1.165) is 18.4 Å². The van der Waals surface area contributed by atoms with Crippen molar-refractivity contribution < 1.29 is 4.39 Å². The monoisotopic (exact) mass is 228 g/mol. The van der Waals surface area contributed by atoms with Crippen LogP contribution in [-0.2, 0) is 0 Å². The molecule has 0 fully saturated rings. The molecular formula is C11H14ClFN2. The zero-order valence-electron chi connectivity index (χ0n) is 8.53. The summed E-state index contributed by atoms with van der Waals surface area (Å²) >= 11 is 0. The maximum absolute atomic E-state index is 13.0. The van der Waals surface area contributed by atoms with E-state index in [9.17, 15) is 4.39 Å². The first-order chi connectivity index (χ1) is 6.69. The van der Waals surface area contributed by atoms with Crippen molar-refractivity contribution in [3.63, 3.8) is 0 Å². The Kier molecular flexibility index (Phi) is 5.92. The van der Waals surface area contributed by atoms with Gasteiger partial charge in [-0.25, -0.2) is 4.39 Å². The largest absolute Gasteiger partial charge is 0.324 e. The summed E-state index contributed by atoms with van der Waals surface area (Å²) in [4.78, 5) is 0. The number of benzene rings is 1. The average molecular weight is 229 g/mol. The highest BCUT2D eigenvalue weighted by atomic mass is 35.5. The summed E-state index contributed by atoms with van der Waals surface area (Å²) < 4.78 is 13.0. The normalized spacial score (nSPS) is 11.3. The van der Waals surface area contributed by atoms with Gasteiger partial charge in [-0.15, -0.1) is 12.4 Å². The van der Waals surface area contributed by atoms with Crippen LogP contribution in [0.2, 0.25) is 0 Å². The van der Waals surface area contributed by atoms with Gasteiger partial charge in [-0.3, -0.25) is 0 Å². The van der Waals surface area contributed by atoms with E-state index in [4.69, 9.17) is 11.0 Å². The molecule has 4 heteroatoms. The number of hydrogen-bond donors (Lipinski definition) is 1. The Morgan fingerprint density at radius 2 is 2.20 bits per heavy atom. The van der Waals surface area contributed by atoms with Crippen LogP contribution >= 0.6 is 12.4 Å². The van der Waals surface area contributed by atoms with Crippen molar-refractivity contribution in [2.24, 2.45) is 5.73 Å². The predicted molar refractivity (Wildman–Crippen MR) is 60.2 cm³/mol. The summed E-state index contributed by atoms with van der Waals surface area (Å²) in [6, 6.07) is 6.15. The molecule has 0 spiro atoms. The van der Waals surface area contributed by atoms with Crippen molar-refractivity contribution in [2.45, 2.75) is 25.8 Å². The molecule has 0 aliphatic carbocycles. The molecule has 0 amide bonds. The maximum Gasteiger partial charge on any atom is 0.140 e.